The Bertz CT molecular complexity index is 640. The minimum Gasteiger partial charge on any atom is -0.305 e. The van der Waals surface area contributed by atoms with Gasteiger partial charge in [0.2, 0.25) is 0 Å². The Hall–Kier alpha value is -1.85. The fourth-order valence-corrected chi connectivity index (χ4v) is 5.63. The Balaban J connectivity index is 2.21. The quantitative estimate of drug-likeness (QED) is 0.791. The Morgan fingerprint density at radius 3 is 1.80 bits per heavy atom. The Morgan fingerprint density at radius 1 is 0.800 bits per heavy atom. The third kappa shape index (κ3) is 2.30. The van der Waals surface area contributed by atoms with Gasteiger partial charge in [0.05, 0.1) is 0 Å². The lowest BCUT2D eigenvalue weighted by Crippen LogP contribution is -2.17. The Labute approximate surface area is 120 Å². The maximum absolute atomic E-state index is 9.31. The fourth-order valence-electron chi connectivity index (χ4n) is 2.65. The summed E-state index contributed by atoms with van der Waals surface area (Å²) in [5, 5.41) is 12.9. The third-order valence-corrected chi connectivity index (χ3v) is 7.09. The highest BCUT2D eigenvalue weighted by molar-refractivity contribution is 7.83. The van der Waals surface area contributed by atoms with Crippen molar-refractivity contribution in [1.29, 1.82) is 5.16 Å². The van der Waals surface area contributed by atoms with Crippen molar-refractivity contribution in [3.63, 3.8) is 0 Å². The van der Waals surface area contributed by atoms with Gasteiger partial charge >= 0.3 is 0 Å². The van der Waals surface area contributed by atoms with Gasteiger partial charge in [0.15, 0.2) is 0 Å². The molecule has 0 spiro atoms. The molecule has 2 heteroatoms. The second kappa shape index (κ2) is 5.64. The topological polar surface area (TPSA) is 23.9 Å². The van der Waals surface area contributed by atoms with E-state index in [0.29, 0.717) is 0 Å². The minimum absolute atomic E-state index is 0.998. The summed E-state index contributed by atoms with van der Waals surface area (Å²) in [7, 11) is -2.19. The molecule has 0 saturated heterocycles. The lowest BCUT2D eigenvalue weighted by atomic mass is 10.2. The van der Waals surface area contributed by atoms with E-state index in [1.807, 2.05) is 36.4 Å². The molecule has 0 amide bonds. The third-order valence-electron chi connectivity index (χ3n) is 3.71. The van der Waals surface area contributed by atoms with Crippen LogP contribution in [0.25, 0.3) is 0 Å². The molecule has 1 N–H and O–H groups in total. The molecule has 20 heavy (non-hydrogen) atoms. The first kappa shape index (κ1) is 13.1. The molecule has 100 valence electrons. The van der Waals surface area contributed by atoms with Gasteiger partial charge in [-0.1, -0.05) is 78.9 Å². The highest BCUT2D eigenvalue weighted by Crippen LogP contribution is 2.54. The molecule has 1 aliphatic carbocycles. The Kier molecular flexibility index (Phi) is 3.71. The molecule has 0 atom stereocenters. The summed E-state index contributed by atoms with van der Waals surface area (Å²) < 4.78 is 0. The molecule has 1 nitrogen and oxygen atoms in total. The molecule has 3 rings (SSSR count). The highest BCUT2D eigenvalue weighted by Gasteiger charge is 2.26. The Morgan fingerprint density at radius 2 is 1.35 bits per heavy atom. The van der Waals surface area contributed by atoms with Crippen molar-refractivity contribution in [2.45, 2.75) is 12.8 Å². The zero-order valence-electron chi connectivity index (χ0n) is 11.4. The van der Waals surface area contributed by atoms with Gasteiger partial charge in [-0.2, -0.15) is 0 Å². The second-order valence-electron chi connectivity index (χ2n) is 4.97. The van der Waals surface area contributed by atoms with E-state index in [2.05, 4.69) is 42.5 Å². The van der Waals surface area contributed by atoms with Crippen LogP contribution in [0.1, 0.15) is 12.8 Å². The minimum atomic E-state index is -2.19. The molecule has 0 saturated carbocycles. The standard InChI is InChI=1S/C18H18NP/c19-20(16-10-4-1-5-11-16,17-12-6-2-7-13-17)18-14-8-3-9-15-18/h1-8,10-14,19H,9,15H2. The van der Waals surface area contributed by atoms with Gasteiger partial charge in [-0.05, 0) is 28.8 Å². The number of hydrogen-bond acceptors (Lipinski definition) is 1. The van der Waals surface area contributed by atoms with E-state index >= 15 is 0 Å². The average Bonchev–Trinajstić information content (AvgIpc) is 2.56. The molecule has 1 aliphatic rings. The van der Waals surface area contributed by atoms with Crippen LogP contribution in [0, 0.1) is 5.16 Å². The van der Waals surface area contributed by atoms with E-state index in [9.17, 15) is 5.16 Å². The number of rotatable bonds is 3. The molecule has 0 aliphatic heterocycles. The normalized spacial score (nSPS) is 14.9. The van der Waals surface area contributed by atoms with Crippen LogP contribution in [-0.4, -0.2) is 0 Å². The van der Waals surface area contributed by atoms with E-state index < -0.39 is 7.05 Å². The van der Waals surface area contributed by atoms with Crippen LogP contribution in [-0.2, 0) is 0 Å². The summed E-state index contributed by atoms with van der Waals surface area (Å²) in [6.45, 7) is 0. The average molecular weight is 279 g/mol. The molecule has 2 aromatic carbocycles. The lowest BCUT2D eigenvalue weighted by Gasteiger charge is -2.27. The van der Waals surface area contributed by atoms with Crippen molar-refractivity contribution in [3.8, 4) is 0 Å². The van der Waals surface area contributed by atoms with Crippen LogP contribution in [0.15, 0.2) is 84.2 Å². The first-order valence-corrected chi connectivity index (χ1v) is 8.72. The first-order valence-electron chi connectivity index (χ1n) is 6.93. The van der Waals surface area contributed by atoms with Crippen LogP contribution in [0.4, 0.5) is 0 Å². The van der Waals surface area contributed by atoms with Gasteiger partial charge in [0.1, 0.15) is 0 Å². The zero-order valence-corrected chi connectivity index (χ0v) is 12.3. The largest absolute Gasteiger partial charge is 0.305 e. The monoisotopic (exact) mass is 279 g/mol. The smallest absolute Gasteiger partial charge is 0.0473 e. The summed E-state index contributed by atoms with van der Waals surface area (Å²) >= 11 is 0. The van der Waals surface area contributed by atoms with Gasteiger partial charge in [-0.25, -0.2) is 0 Å². The molecule has 0 bridgehead atoms. The summed E-state index contributed by atoms with van der Waals surface area (Å²) in [5.74, 6) is 0. The fraction of sp³-hybridized carbons (Fsp3) is 0.111. The SMILES string of the molecule is N=P(C1=CC=CCC1)(c1ccccc1)c1ccccc1. The molecule has 0 aromatic heterocycles. The van der Waals surface area contributed by atoms with Crippen LogP contribution in [0.5, 0.6) is 0 Å². The number of benzene rings is 2. The van der Waals surface area contributed by atoms with Crippen LogP contribution >= 0.6 is 7.05 Å². The van der Waals surface area contributed by atoms with Crippen LogP contribution in [0.3, 0.4) is 0 Å². The molecule has 0 heterocycles. The maximum Gasteiger partial charge on any atom is 0.0473 e. The zero-order chi connectivity index (χ0) is 13.8. The second-order valence-corrected chi connectivity index (χ2v) is 7.92. The molecule has 0 radical (unpaired) electrons. The number of hydrogen-bond donors (Lipinski definition) is 1. The number of allylic oxidation sites excluding steroid dienone is 4. The van der Waals surface area contributed by atoms with Gasteiger partial charge in [-0.15, -0.1) is 0 Å². The molecule has 2 aromatic rings. The van der Waals surface area contributed by atoms with Crippen molar-refractivity contribution in [3.05, 3.63) is 84.2 Å². The first-order chi connectivity index (χ1) is 9.82. The lowest BCUT2D eigenvalue weighted by molar-refractivity contribution is 1.01. The van der Waals surface area contributed by atoms with Crippen LogP contribution in [0.2, 0.25) is 0 Å². The molecule has 0 unspecified atom stereocenters. The maximum atomic E-state index is 9.31. The van der Waals surface area contributed by atoms with Crippen molar-refractivity contribution in [2.24, 2.45) is 0 Å². The van der Waals surface area contributed by atoms with Crippen molar-refractivity contribution >= 4 is 17.7 Å². The summed E-state index contributed by atoms with van der Waals surface area (Å²) in [6.07, 6.45) is 8.49. The highest BCUT2D eigenvalue weighted by atomic mass is 31.2. The van der Waals surface area contributed by atoms with E-state index in [1.165, 1.54) is 5.31 Å². The van der Waals surface area contributed by atoms with Gasteiger partial charge in [0, 0.05) is 7.05 Å². The molecular formula is C18H18NP. The van der Waals surface area contributed by atoms with Crippen molar-refractivity contribution in [2.75, 3.05) is 0 Å². The molecule has 0 fully saturated rings. The summed E-state index contributed by atoms with van der Waals surface area (Å²) in [5.41, 5.74) is 0. The molecular weight excluding hydrogens is 261 g/mol. The van der Waals surface area contributed by atoms with E-state index in [0.717, 1.165) is 23.5 Å². The van der Waals surface area contributed by atoms with Crippen LogP contribution < -0.4 is 10.6 Å². The number of nitrogens with one attached hydrogen (secondary N) is 1. The van der Waals surface area contributed by atoms with Gasteiger partial charge < -0.3 is 5.16 Å². The predicted octanol–water partition coefficient (Wildman–Crippen LogP) is 4.65. The van der Waals surface area contributed by atoms with Crippen molar-refractivity contribution in [1.82, 2.24) is 0 Å². The van der Waals surface area contributed by atoms with E-state index in [1.54, 1.807) is 0 Å². The summed E-state index contributed by atoms with van der Waals surface area (Å²) in [4.78, 5) is 0. The van der Waals surface area contributed by atoms with Gasteiger partial charge in [-0.3, -0.25) is 0 Å². The summed E-state index contributed by atoms with van der Waals surface area (Å²) in [6, 6.07) is 20.6. The van der Waals surface area contributed by atoms with Crippen molar-refractivity contribution < 1.29 is 0 Å². The van der Waals surface area contributed by atoms with Gasteiger partial charge in [0.25, 0.3) is 0 Å². The van der Waals surface area contributed by atoms with E-state index in [4.69, 9.17) is 0 Å². The predicted molar refractivity (Wildman–Crippen MR) is 88.2 cm³/mol. The van der Waals surface area contributed by atoms with E-state index in [-0.39, 0.29) is 0 Å².